The fraction of sp³-hybridized carbons (Fsp3) is 0.438. The Balaban J connectivity index is 3.05. The van der Waals surface area contributed by atoms with E-state index in [2.05, 4.69) is 37.7 Å². The van der Waals surface area contributed by atoms with Gasteiger partial charge in [0.15, 0.2) is 0 Å². The monoisotopic (exact) mass is 276 g/mol. The van der Waals surface area contributed by atoms with E-state index in [0.29, 0.717) is 6.04 Å². The second-order valence-corrected chi connectivity index (χ2v) is 5.13. The van der Waals surface area contributed by atoms with Gasteiger partial charge in [-0.25, -0.2) is 4.79 Å². The molecule has 0 radical (unpaired) electrons. The van der Waals surface area contributed by atoms with Crippen molar-refractivity contribution in [2.75, 3.05) is 32.1 Å². The minimum Gasteiger partial charge on any atom is -0.478 e. The third-order valence-corrected chi connectivity index (χ3v) is 3.15. The van der Waals surface area contributed by atoms with E-state index < -0.39 is 5.97 Å². The first-order valence-electron chi connectivity index (χ1n) is 6.87. The molecule has 1 N–H and O–H groups in total. The van der Waals surface area contributed by atoms with E-state index in [4.69, 9.17) is 5.11 Å². The minimum absolute atomic E-state index is 0.356. The van der Waals surface area contributed by atoms with Crippen LogP contribution in [0.3, 0.4) is 0 Å². The fourth-order valence-corrected chi connectivity index (χ4v) is 2.40. The van der Waals surface area contributed by atoms with E-state index in [-0.39, 0.29) is 0 Å². The maximum absolute atomic E-state index is 10.7. The third-order valence-electron chi connectivity index (χ3n) is 3.15. The lowest BCUT2D eigenvalue weighted by molar-refractivity contribution is -0.131. The van der Waals surface area contributed by atoms with Gasteiger partial charge in [0.1, 0.15) is 0 Å². The highest BCUT2D eigenvalue weighted by Gasteiger charge is 2.15. The molecule has 0 amide bonds. The Labute approximate surface area is 121 Å². The molecule has 1 rings (SSSR count). The smallest absolute Gasteiger partial charge is 0.328 e. The first-order valence-corrected chi connectivity index (χ1v) is 6.87. The number of anilines is 1. The summed E-state index contributed by atoms with van der Waals surface area (Å²) in [5.74, 6) is -0.927. The summed E-state index contributed by atoms with van der Waals surface area (Å²) in [6.45, 7) is 6.13. The number of para-hydroxylation sites is 1. The van der Waals surface area contributed by atoms with Gasteiger partial charge in [-0.15, -0.1) is 0 Å². The molecule has 0 bridgehead atoms. The summed E-state index contributed by atoms with van der Waals surface area (Å²) in [5.41, 5.74) is 2.00. The van der Waals surface area contributed by atoms with Crippen LogP contribution in [0, 0.1) is 0 Å². The van der Waals surface area contributed by atoms with Gasteiger partial charge in [0.2, 0.25) is 0 Å². The number of aliphatic carboxylic acids is 1. The molecule has 0 aliphatic rings. The zero-order valence-corrected chi connectivity index (χ0v) is 12.7. The van der Waals surface area contributed by atoms with Crippen molar-refractivity contribution in [3.05, 3.63) is 35.9 Å². The molecule has 1 atom stereocenters. The highest BCUT2D eigenvalue weighted by atomic mass is 16.4. The number of carboxylic acids is 1. The highest BCUT2D eigenvalue weighted by Crippen LogP contribution is 2.23. The lowest BCUT2D eigenvalue weighted by Gasteiger charge is -2.33. The molecule has 1 unspecified atom stereocenters. The van der Waals surface area contributed by atoms with Crippen molar-refractivity contribution in [3.63, 3.8) is 0 Å². The van der Waals surface area contributed by atoms with E-state index in [9.17, 15) is 4.79 Å². The zero-order valence-electron chi connectivity index (χ0n) is 12.7. The standard InChI is InChI=1S/C16H24N2O2/c1-5-18(13(2)12-17(3)4)15-9-7-6-8-14(15)10-11-16(19)20/h6-11,13H,5,12H2,1-4H3,(H,19,20)/b11-10+. The zero-order chi connectivity index (χ0) is 15.1. The first-order chi connectivity index (χ1) is 9.45. The maximum Gasteiger partial charge on any atom is 0.328 e. The van der Waals surface area contributed by atoms with E-state index in [1.807, 2.05) is 24.3 Å². The summed E-state index contributed by atoms with van der Waals surface area (Å²) in [5, 5.41) is 8.78. The van der Waals surface area contributed by atoms with Crippen LogP contribution in [0.5, 0.6) is 0 Å². The van der Waals surface area contributed by atoms with Gasteiger partial charge >= 0.3 is 5.97 Å². The Morgan fingerprint density at radius 1 is 1.35 bits per heavy atom. The Bertz CT molecular complexity index is 469. The average Bonchev–Trinajstić information content (AvgIpc) is 2.37. The van der Waals surface area contributed by atoms with Crippen molar-refractivity contribution in [2.45, 2.75) is 19.9 Å². The quantitative estimate of drug-likeness (QED) is 0.777. The van der Waals surface area contributed by atoms with Crippen LogP contribution in [0.2, 0.25) is 0 Å². The van der Waals surface area contributed by atoms with Crippen molar-refractivity contribution in [1.82, 2.24) is 4.90 Å². The second-order valence-electron chi connectivity index (χ2n) is 5.13. The van der Waals surface area contributed by atoms with Crippen LogP contribution in [-0.4, -0.2) is 49.2 Å². The van der Waals surface area contributed by atoms with E-state index in [0.717, 1.165) is 24.3 Å². The van der Waals surface area contributed by atoms with Gasteiger partial charge in [-0.1, -0.05) is 18.2 Å². The average molecular weight is 276 g/mol. The van der Waals surface area contributed by atoms with Gasteiger partial charge in [0, 0.05) is 30.9 Å². The van der Waals surface area contributed by atoms with Crippen molar-refractivity contribution in [3.8, 4) is 0 Å². The summed E-state index contributed by atoms with van der Waals surface area (Å²) in [6, 6.07) is 8.25. The molecule has 0 aromatic heterocycles. The second kappa shape index (κ2) is 7.70. The number of benzene rings is 1. The van der Waals surface area contributed by atoms with Crippen LogP contribution >= 0.6 is 0 Å². The van der Waals surface area contributed by atoms with Crippen molar-refractivity contribution in [1.29, 1.82) is 0 Å². The Hall–Kier alpha value is -1.81. The Kier molecular flexibility index (Phi) is 6.25. The van der Waals surface area contributed by atoms with Gasteiger partial charge in [-0.05, 0) is 45.6 Å². The summed E-state index contributed by atoms with van der Waals surface area (Å²) >= 11 is 0. The predicted molar refractivity (Wildman–Crippen MR) is 84.1 cm³/mol. The number of carbonyl (C=O) groups is 1. The summed E-state index contributed by atoms with van der Waals surface area (Å²) in [6.07, 6.45) is 2.84. The summed E-state index contributed by atoms with van der Waals surface area (Å²) < 4.78 is 0. The molecule has 0 aliphatic heterocycles. The Morgan fingerprint density at radius 2 is 2.00 bits per heavy atom. The number of rotatable bonds is 7. The highest BCUT2D eigenvalue weighted by molar-refractivity contribution is 5.87. The Morgan fingerprint density at radius 3 is 2.55 bits per heavy atom. The molecule has 1 aromatic carbocycles. The van der Waals surface area contributed by atoms with Crippen molar-refractivity contribution < 1.29 is 9.90 Å². The van der Waals surface area contributed by atoms with E-state index in [1.165, 1.54) is 6.08 Å². The molecule has 4 heteroatoms. The molecular formula is C16H24N2O2. The number of hydrogen-bond acceptors (Lipinski definition) is 3. The molecular weight excluding hydrogens is 252 g/mol. The molecule has 4 nitrogen and oxygen atoms in total. The molecule has 0 fully saturated rings. The van der Waals surface area contributed by atoms with Gasteiger partial charge in [0.05, 0.1) is 0 Å². The molecule has 0 saturated heterocycles. The first kappa shape index (κ1) is 16.2. The number of hydrogen-bond donors (Lipinski definition) is 1. The van der Waals surface area contributed by atoms with Crippen LogP contribution in [0.1, 0.15) is 19.4 Å². The SMILES string of the molecule is CCN(c1ccccc1/C=C/C(=O)O)C(C)CN(C)C. The molecule has 0 heterocycles. The van der Waals surface area contributed by atoms with Crippen LogP contribution in [0.4, 0.5) is 5.69 Å². The van der Waals surface area contributed by atoms with Crippen LogP contribution in [0.25, 0.3) is 6.08 Å². The van der Waals surface area contributed by atoms with Crippen molar-refractivity contribution >= 4 is 17.7 Å². The van der Waals surface area contributed by atoms with Gasteiger partial charge in [-0.3, -0.25) is 0 Å². The molecule has 20 heavy (non-hydrogen) atoms. The van der Waals surface area contributed by atoms with E-state index >= 15 is 0 Å². The lowest BCUT2D eigenvalue weighted by atomic mass is 10.1. The number of nitrogens with zero attached hydrogens (tertiary/aromatic N) is 2. The fourth-order valence-electron chi connectivity index (χ4n) is 2.40. The van der Waals surface area contributed by atoms with Crippen LogP contribution in [0.15, 0.2) is 30.3 Å². The summed E-state index contributed by atoms with van der Waals surface area (Å²) in [4.78, 5) is 15.1. The molecule has 110 valence electrons. The van der Waals surface area contributed by atoms with Crippen LogP contribution < -0.4 is 4.90 Å². The van der Waals surface area contributed by atoms with Gasteiger partial charge in [0.25, 0.3) is 0 Å². The molecule has 0 spiro atoms. The summed E-state index contributed by atoms with van der Waals surface area (Å²) in [7, 11) is 4.11. The third kappa shape index (κ3) is 4.70. The number of likely N-dealkylation sites (N-methyl/N-ethyl adjacent to an activating group) is 2. The van der Waals surface area contributed by atoms with Crippen molar-refractivity contribution in [2.24, 2.45) is 0 Å². The molecule has 0 saturated carbocycles. The number of carboxylic acid groups (broad SMARTS) is 1. The van der Waals surface area contributed by atoms with E-state index in [1.54, 1.807) is 6.08 Å². The largest absolute Gasteiger partial charge is 0.478 e. The van der Waals surface area contributed by atoms with Gasteiger partial charge in [-0.2, -0.15) is 0 Å². The molecule has 1 aromatic rings. The lowest BCUT2D eigenvalue weighted by Crippen LogP contribution is -2.40. The predicted octanol–water partition coefficient (Wildman–Crippen LogP) is 2.56. The van der Waals surface area contributed by atoms with Crippen LogP contribution in [-0.2, 0) is 4.79 Å². The topological polar surface area (TPSA) is 43.8 Å². The normalized spacial score (nSPS) is 12.8. The minimum atomic E-state index is -0.927. The maximum atomic E-state index is 10.7. The molecule has 0 aliphatic carbocycles. The van der Waals surface area contributed by atoms with Gasteiger partial charge < -0.3 is 14.9 Å².